The largest absolute Gasteiger partial charge is 0.420 e. The van der Waals surface area contributed by atoms with Gasteiger partial charge in [0.2, 0.25) is 0 Å². The Morgan fingerprint density at radius 2 is 2.28 bits per heavy atom. The van der Waals surface area contributed by atoms with E-state index in [0.717, 1.165) is 25.0 Å². The maximum absolute atomic E-state index is 11.8. The first kappa shape index (κ1) is 11.5. The van der Waals surface area contributed by atoms with Crippen LogP contribution in [0, 0.1) is 0 Å². The summed E-state index contributed by atoms with van der Waals surface area (Å²) < 4.78 is 6.99. The number of rotatable bonds is 2. The van der Waals surface area contributed by atoms with Crippen LogP contribution >= 0.6 is 0 Å². The van der Waals surface area contributed by atoms with E-state index in [1.165, 1.54) is 5.56 Å². The first-order valence-corrected chi connectivity index (χ1v) is 6.52. The Morgan fingerprint density at radius 1 is 1.44 bits per heavy atom. The highest BCUT2D eigenvalue weighted by molar-refractivity contribution is 5.74. The van der Waals surface area contributed by atoms with Crippen LogP contribution in [0.4, 0.5) is 0 Å². The zero-order valence-corrected chi connectivity index (χ0v) is 10.8. The predicted octanol–water partition coefficient (Wildman–Crippen LogP) is 2.25. The number of nitrogens with one attached hydrogen (secondary N) is 1. The van der Waals surface area contributed by atoms with Gasteiger partial charge in [0.15, 0.2) is 5.58 Å². The lowest BCUT2D eigenvalue weighted by atomic mass is 9.98. The van der Waals surface area contributed by atoms with E-state index in [1.807, 2.05) is 19.9 Å². The second kappa shape index (κ2) is 4.28. The Morgan fingerprint density at radius 3 is 2.94 bits per heavy atom. The smallest absolute Gasteiger partial charge is 0.408 e. The summed E-state index contributed by atoms with van der Waals surface area (Å²) in [5.74, 6) is 0.293. The van der Waals surface area contributed by atoms with E-state index in [4.69, 9.17) is 4.42 Å². The van der Waals surface area contributed by atoms with Crippen molar-refractivity contribution in [1.82, 2.24) is 9.88 Å². The standard InChI is InChI=1S/C14H18N2O2/c1-9(2)16-12-7-10(11-5-6-15-8-11)3-4-13(12)18-14(16)17/h3-4,7,9,11,15H,5-6,8H2,1-2H3. The molecule has 1 aromatic heterocycles. The lowest BCUT2D eigenvalue weighted by molar-refractivity contribution is 0.478. The Kier molecular flexibility index (Phi) is 2.74. The van der Waals surface area contributed by atoms with Crippen molar-refractivity contribution >= 4 is 11.1 Å². The minimum absolute atomic E-state index is 0.121. The molecule has 0 amide bonds. The molecule has 1 aliphatic rings. The third-order valence-electron chi connectivity index (χ3n) is 3.68. The van der Waals surface area contributed by atoms with E-state index in [-0.39, 0.29) is 11.8 Å². The van der Waals surface area contributed by atoms with Crippen LogP contribution in [-0.4, -0.2) is 17.7 Å². The molecule has 1 saturated heterocycles. The van der Waals surface area contributed by atoms with Crippen LogP contribution in [0.3, 0.4) is 0 Å². The van der Waals surface area contributed by atoms with Crippen LogP contribution in [0.2, 0.25) is 0 Å². The summed E-state index contributed by atoms with van der Waals surface area (Å²) in [6.45, 7) is 6.10. The topological polar surface area (TPSA) is 47.2 Å². The first-order valence-electron chi connectivity index (χ1n) is 6.52. The summed E-state index contributed by atoms with van der Waals surface area (Å²) in [5, 5.41) is 3.37. The summed E-state index contributed by atoms with van der Waals surface area (Å²) in [6.07, 6.45) is 1.16. The number of fused-ring (bicyclic) bond motifs is 1. The average Bonchev–Trinajstić information content (AvgIpc) is 2.92. The van der Waals surface area contributed by atoms with Crippen LogP contribution in [0.15, 0.2) is 27.4 Å². The summed E-state index contributed by atoms with van der Waals surface area (Å²) in [5.41, 5.74) is 2.89. The SMILES string of the molecule is CC(C)n1c(=O)oc2ccc(C3CCNC3)cc21. The molecule has 0 radical (unpaired) electrons. The van der Waals surface area contributed by atoms with Crippen LogP contribution in [0.1, 0.15) is 37.8 Å². The molecule has 1 fully saturated rings. The second-order valence-corrected chi connectivity index (χ2v) is 5.25. The number of oxazole rings is 1. The summed E-state index contributed by atoms with van der Waals surface area (Å²) in [4.78, 5) is 11.8. The van der Waals surface area contributed by atoms with Gasteiger partial charge in [-0.05, 0) is 50.4 Å². The van der Waals surface area contributed by atoms with Gasteiger partial charge in [-0.1, -0.05) is 6.07 Å². The van der Waals surface area contributed by atoms with Crippen LogP contribution in [-0.2, 0) is 0 Å². The van der Waals surface area contributed by atoms with E-state index in [1.54, 1.807) is 4.57 Å². The van der Waals surface area contributed by atoms with Gasteiger partial charge in [0.1, 0.15) is 0 Å². The van der Waals surface area contributed by atoms with Gasteiger partial charge in [0.25, 0.3) is 0 Å². The highest BCUT2D eigenvalue weighted by atomic mass is 16.4. The van der Waals surface area contributed by atoms with Crippen LogP contribution < -0.4 is 11.1 Å². The van der Waals surface area contributed by atoms with Crippen molar-refractivity contribution in [1.29, 1.82) is 0 Å². The molecule has 1 N–H and O–H groups in total. The van der Waals surface area contributed by atoms with Crippen molar-refractivity contribution in [2.45, 2.75) is 32.2 Å². The molecule has 1 atom stereocenters. The maximum Gasteiger partial charge on any atom is 0.420 e. The molecule has 0 saturated carbocycles. The van der Waals surface area contributed by atoms with Crippen molar-refractivity contribution in [3.8, 4) is 0 Å². The van der Waals surface area contributed by atoms with Gasteiger partial charge in [0.05, 0.1) is 5.52 Å². The normalized spacial score (nSPS) is 20.1. The van der Waals surface area contributed by atoms with E-state index in [2.05, 4.69) is 17.4 Å². The van der Waals surface area contributed by atoms with Gasteiger partial charge in [-0.2, -0.15) is 0 Å². The van der Waals surface area contributed by atoms with Gasteiger partial charge >= 0.3 is 5.76 Å². The monoisotopic (exact) mass is 246 g/mol. The maximum atomic E-state index is 11.8. The predicted molar refractivity (Wildman–Crippen MR) is 71.1 cm³/mol. The van der Waals surface area contributed by atoms with Crippen molar-refractivity contribution in [2.24, 2.45) is 0 Å². The van der Waals surface area contributed by atoms with Crippen LogP contribution in [0.5, 0.6) is 0 Å². The van der Waals surface area contributed by atoms with Crippen LogP contribution in [0.25, 0.3) is 11.1 Å². The fraction of sp³-hybridized carbons (Fsp3) is 0.500. The van der Waals surface area contributed by atoms with Gasteiger partial charge in [-0.25, -0.2) is 4.79 Å². The van der Waals surface area contributed by atoms with Crippen molar-refractivity contribution in [3.05, 3.63) is 34.3 Å². The average molecular weight is 246 g/mol. The third kappa shape index (κ3) is 1.77. The molecular weight excluding hydrogens is 228 g/mol. The fourth-order valence-electron chi connectivity index (χ4n) is 2.73. The Balaban J connectivity index is 2.15. The molecule has 1 aromatic carbocycles. The molecule has 18 heavy (non-hydrogen) atoms. The molecule has 1 unspecified atom stereocenters. The molecule has 0 spiro atoms. The molecule has 3 rings (SSSR count). The number of hydrogen-bond donors (Lipinski definition) is 1. The highest BCUT2D eigenvalue weighted by Gasteiger charge is 2.19. The molecule has 2 heterocycles. The summed E-state index contributed by atoms with van der Waals surface area (Å²) in [7, 11) is 0. The fourth-order valence-corrected chi connectivity index (χ4v) is 2.73. The lowest BCUT2D eigenvalue weighted by Gasteiger charge is -2.10. The summed E-state index contributed by atoms with van der Waals surface area (Å²) in [6, 6.07) is 6.23. The summed E-state index contributed by atoms with van der Waals surface area (Å²) >= 11 is 0. The Labute approximate surface area is 106 Å². The molecule has 0 aliphatic carbocycles. The van der Waals surface area contributed by atoms with Gasteiger partial charge in [-0.15, -0.1) is 0 Å². The first-order chi connectivity index (χ1) is 8.66. The van der Waals surface area contributed by atoms with E-state index in [9.17, 15) is 4.79 Å². The molecular formula is C14H18N2O2. The van der Waals surface area contributed by atoms with Gasteiger partial charge in [-0.3, -0.25) is 4.57 Å². The van der Waals surface area contributed by atoms with Crippen molar-refractivity contribution in [3.63, 3.8) is 0 Å². The molecule has 1 aliphatic heterocycles. The molecule has 4 nitrogen and oxygen atoms in total. The quantitative estimate of drug-likeness (QED) is 0.884. The molecule has 2 aromatic rings. The van der Waals surface area contributed by atoms with Crippen molar-refractivity contribution in [2.75, 3.05) is 13.1 Å². The molecule has 96 valence electrons. The van der Waals surface area contributed by atoms with Gasteiger partial charge in [0, 0.05) is 12.6 Å². The zero-order valence-electron chi connectivity index (χ0n) is 10.8. The minimum Gasteiger partial charge on any atom is -0.408 e. The van der Waals surface area contributed by atoms with Gasteiger partial charge < -0.3 is 9.73 Å². The number of aromatic nitrogens is 1. The zero-order chi connectivity index (χ0) is 12.7. The van der Waals surface area contributed by atoms with E-state index >= 15 is 0 Å². The number of benzene rings is 1. The number of hydrogen-bond acceptors (Lipinski definition) is 3. The number of nitrogens with zero attached hydrogens (tertiary/aromatic N) is 1. The van der Waals surface area contributed by atoms with E-state index < -0.39 is 0 Å². The third-order valence-corrected chi connectivity index (χ3v) is 3.68. The van der Waals surface area contributed by atoms with E-state index in [0.29, 0.717) is 11.5 Å². The molecule has 0 bridgehead atoms. The minimum atomic E-state index is -0.262. The lowest BCUT2D eigenvalue weighted by Crippen LogP contribution is -2.16. The Hall–Kier alpha value is -1.55. The second-order valence-electron chi connectivity index (χ2n) is 5.25. The van der Waals surface area contributed by atoms with Crippen molar-refractivity contribution < 1.29 is 4.42 Å². The Bertz CT molecular complexity index is 618. The highest BCUT2D eigenvalue weighted by Crippen LogP contribution is 2.26. The molecule has 4 heteroatoms.